The topological polar surface area (TPSA) is 79.3 Å². The minimum Gasteiger partial charge on any atom is -0.466 e. The zero-order valence-corrected chi connectivity index (χ0v) is 37.3. The number of nitrogens with zero attached hydrogens (tertiary/aromatic N) is 2. The van der Waals surface area contributed by atoms with E-state index in [1.54, 1.807) is 0 Å². The highest BCUT2D eigenvalue weighted by molar-refractivity contribution is 5.69. The Kier molecular flexibility index (Phi) is 36.1. The van der Waals surface area contributed by atoms with Crippen molar-refractivity contribution in [1.29, 1.82) is 0 Å². The maximum Gasteiger partial charge on any atom is 0.305 e. The van der Waals surface area contributed by atoms with Crippen molar-refractivity contribution in [2.45, 2.75) is 233 Å². The van der Waals surface area contributed by atoms with Gasteiger partial charge < -0.3 is 19.5 Å². The second kappa shape index (κ2) is 38.3. The van der Waals surface area contributed by atoms with E-state index >= 15 is 0 Å². The molecule has 0 aromatic carbocycles. The summed E-state index contributed by atoms with van der Waals surface area (Å²) in [7, 11) is 0. The third kappa shape index (κ3) is 30.6. The van der Waals surface area contributed by atoms with Crippen LogP contribution >= 0.6 is 0 Å². The zero-order valence-electron chi connectivity index (χ0n) is 37.3. The summed E-state index contributed by atoms with van der Waals surface area (Å²) < 4.78 is 11.2. The summed E-state index contributed by atoms with van der Waals surface area (Å²) in [6.45, 7) is 15.4. The van der Waals surface area contributed by atoms with Gasteiger partial charge in [-0.05, 0) is 89.1 Å². The lowest BCUT2D eigenvalue weighted by Crippen LogP contribution is -2.45. The van der Waals surface area contributed by atoms with Gasteiger partial charge in [0.15, 0.2) is 0 Å². The van der Waals surface area contributed by atoms with Gasteiger partial charge >= 0.3 is 11.9 Å². The van der Waals surface area contributed by atoms with Crippen LogP contribution in [0, 0.1) is 11.8 Å². The second-order valence-corrected chi connectivity index (χ2v) is 17.2. The Morgan fingerprint density at radius 1 is 0.509 bits per heavy atom. The molecule has 7 heteroatoms. The number of carbonyl (C=O) groups excluding carboxylic acids is 2. The van der Waals surface area contributed by atoms with Crippen LogP contribution in [0.2, 0.25) is 0 Å². The number of aliphatic hydroxyl groups is 1. The predicted molar refractivity (Wildman–Crippen MR) is 234 cm³/mol. The summed E-state index contributed by atoms with van der Waals surface area (Å²) >= 11 is 0. The predicted octanol–water partition coefficient (Wildman–Crippen LogP) is 12.5. The van der Waals surface area contributed by atoms with Crippen LogP contribution in [-0.4, -0.2) is 85.4 Å². The quantitative estimate of drug-likeness (QED) is 0.0488. The van der Waals surface area contributed by atoms with E-state index in [-0.39, 0.29) is 18.5 Å². The average Bonchev–Trinajstić information content (AvgIpc) is 3.16. The van der Waals surface area contributed by atoms with Crippen LogP contribution in [0.4, 0.5) is 0 Å². The van der Waals surface area contributed by atoms with E-state index in [0.29, 0.717) is 32.1 Å². The molecule has 0 aromatic heterocycles. The molecule has 0 saturated heterocycles. The molecule has 1 aliphatic carbocycles. The van der Waals surface area contributed by atoms with Gasteiger partial charge in [0.1, 0.15) is 0 Å². The molecule has 0 bridgehead atoms. The molecule has 1 aliphatic rings. The minimum atomic E-state index is -0.0233. The lowest BCUT2D eigenvalue weighted by Gasteiger charge is -2.38. The minimum absolute atomic E-state index is 0.0233. The van der Waals surface area contributed by atoms with Crippen molar-refractivity contribution in [1.82, 2.24) is 9.80 Å². The Bertz CT molecular complexity index is 782. The smallest absolute Gasteiger partial charge is 0.305 e. The number of aliphatic hydroxyl groups excluding tert-OH is 1. The summed E-state index contributed by atoms with van der Waals surface area (Å²) in [5.41, 5.74) is 0. The molecule has 1 fully saturated rings. The maximum absolute atomic E-state index is 12.3. The van der Waals surface area contributed by atoms with Gasteiger partial charge in [-0.2, -0.15) is 0 Å². The fraction of sp³-hybridized carbons (Fsp3) is 0.958. The number of esters is 2. The highest BCUT2D eigenvalue weighted by atomic mass is 16.5. The molecule has 0 radical (unpaired) electrons. The van der Waals surface area contributed by atoms with Crippen molar-refractivity contribution >= 4 is 11.9 Å². The Morgan fingerprint density at radius 2 is 0.927 bits per heavy atom. The van der Waals surface area contributed by atoms with E-state index < -0.39 is 0 Å². The molecule has 0 aliphatic heterocycles. The molecular weight excluding hydrogens is 685 g/mol. The van der Waals surface area contributed by atoms with Gasteiger partial charge in [-0.15, -0.1) is 0 Å². The van der Waals surface area contributed by atoms with Gasteiger partial charge in [-0.25, -0.2) is 0 Å². The Balaban J connectivity index is 2.26. The van der Waals surface area contributed by atoms with Gasteiger partial charge in [-0.1, -0.05) is 150 Å². The molecule has 0 atom stereocenters. The van der Waals surface area contributed by atoms with Crippen LogP contribution in [0.3, 0.4) is 0 Å². The largest absolute Gasteiger partial charge is 0.466 e. The Hall–Kier alpha value is -1.18. The maximum atomic E-state index is 12.3. The van der Waals surface area contributed by atoms with Crippen molar-refractivity contribution in [2.75, 3.05) is 52.5 Å². The SMILES string of the molecule is CCCCC(CCCC)CCCCCC(=O)OCCCCCN(CCCCCOC(=O)CCCCCC(CCCC)CCCC)CCN(CCO)C1CCC1. The number of ether oxygens (including phenoxy) is 2. The van der Waals surface area contributed by atoms with E-state index in [2.05, 4.69) is 37.5 Å². The third-order valence-corrected chi connectivity index (χ3v) is 12.3. The monoisotopic (exact) mass is 779 g/mol. The molecule has 7 nitrogen and oxygen atoms in total. The lowest BCUT2D eigenvalue weighted by molar-refractivity contribution is -0.144. The first-order valence-electron chi connectivity index (χ1n) is 24.4. The molecule has 0 unspecified atom stereocenters. The van der Waals surface area contributed by atoms with E-state index in [0.717, 1.165) is 109 Å². The van der Waals surface area contributed by atoms with E-state index in [1.807, 2.05) is 0 Å². The molecule has 1 saturated carbocycles. The summed E-state index contributed by atoms with van der Waals surface area (Å²) in [6, 6.07) is 0.639. The normalized spacial score (nSPS) is 13.4. The van der Waals surface area contributed by atoms with Gasteiger partial charge in [0.2, 0.25) is 0 Å². The highest BCUT2D eigenvalue weighted by Crippen LogP contribution is 2.25. The van der Waals surface area contributed by atoms with Crippen molar-refractivity contribution in [3.8, 4) is 0 Å². The second-order valence-electron chi connectivity index (χ2n) is 17.2. The van der Waals surface area contributed by atoms with Crippen LogP contribution in [0.1, 0.15) is 227 Å². The average molecular weight is 779 g/mol. The lowest BCUT2D eigenvalue weighted by atomic mass is 9.90. The Morgan fingerprint density at radius 3 is 1.31 bits per heavy atom. The first kappa shape index (κ1) is 51.8. The first-order valence-corrected chi connectivity index (χ1v) is 24.4. The molecule has 0 amide bonds. The van der Waals surface area contributed by atoms with Gasteiger partial charge in [0, 0.05) is 38.5 Å². The number of unbranched alkanes of at least 4 members (excludes halogenated alkanes) is 12. The van der Waals surface area contributed by atoms with Crippen LogP contribution in [0.25, 0.3) is 0 Å². The van der Waals surface area contributed by atoms with Crippen molar-refractivity contribution < 1.29 is 24.2 Å². The van der Waals surface area contributed by atoms with Crippen LogP contribution in [0.5, 0.6) is 0 Å². The molecule has 0 spiro atoms. The van der Waals surface area contributed by atoms with Gasteiger partial charge in [0.25, 0.3) is 0 Å². The standard InChI is InChI=1S/C48H94N2O5/c1-5-9-26-44(27-10-6-2)30-17-13-19-34-47(52)54-42-23-15-21-36-49(38-39-50(40-41-51)46-32-25-33-46)37-22-16-24-43-55-48(53)35-20-14-18-31-45(28-11-7-3)29-12-8-4/h44-46,51H,5-43H2,1-4H3. The van der Waals surface area contributed by atoms with Gasteiger partial charge in [-0.3, -0.25) is 14.5 Å². The summed E-state index contributed by atoms with van der Waals surface area (Å²) in [6.07, 6.45) is 36.5. The van der Waals surface area contributed by atoms with E-state index in [4.69, 9.17) is 9.47 Å². The zero-order chi connectivity index (χ0) is 40.0. The summed E-state index contributed by atoms with van der Waals surface area (Å²) in [4.78, 5) is 29.8. The number of hydrogen-bond donors (Lipinski definition) is 1. The van der Waals surface area contributed by atoms with Crippen LogP contribution in [-0.2, 0) is 19.1 Å². The molecule has 1 rings (SSSR count). The molecule has 326 valence electrons. The molecule has 0 heterocycles. The summed E-state index contributed by atoms with van der Waals surface area (Å²) in [5, 5.41) is 9.66. The number of rotatable bonds is 42. The molecule has 1 N–H and O–H groups in total. The molecular formula is C48H94N2O5. The molecule has 55 heavy (non-hydrogen) atoms. The number of carbonyl (C=O) groups is 2. The number of hydrogen-bond acceptors (Lipinski definition) is 7. The van der Waals surface area contributed by atoms with E-state index in [9.17, 15) is 14.7 Å². The van der Waals surface area contributed by atoms with Crippen molar-refractivity contribution in [3.63, 3.8) is 0 Å². The van der Waals surface area contributed by atoms with Gasteiger partial charge in [0.05, 0.1) is 19.8 Å². The fourth-order valence-electron chi connectivity index (χ4n) is 8.30. The highest BCUT2D eigenvalue weighted by Gasteiger charge is 2.24. The van der Waals surface area contributed by atoms with Crippen LogP contribution < -0.4 is 0 Å². The van der Waals surface area contributed by atoms with Crippen molar-refractivity contribution in [2.24, 2.45) is 11.8 Å². The van der Waals surface area contributed by atoms with Crippen molar-refractivity contribution in [3.05, 3.63) is 0 Å². The Labute approximate surface area is 342 Å². The van der Waals surface area contributed by atoms with Crippen LogP contribution in [0.15, 0.2) is 0 Å². The third-order valence-electron chi connectivity index (χ3n) is 12.3. The first-order chi connectivity index (χ1) is 27.0. The fourth-order valence-corrected chi connectivity index (χ4v) is 8.30. The van der Waals surface area contributed by atoms with E-state index in [1.165, 1.54) is 122 Å². The summed E-state index contributed by atoms with van der Waals surface area (Å²) in [5.74, 6) is 1.70. The molecule has 0 aromatic rings.